The van der Waals surface area contributed by atoms with Crippen LogP contribution in [-0.4, -0.2) is 4.98 Å². The highest BCUT2D eigenvalue weighted by molar-refractivity contribution is 14.1. The molecule has 3 aromatic rings. The Morgan fingerprint density at radius 1 is 1.21 bits per heavy atom. The minimum atomic E-state index is 0.745. The van der Waals surface area contributed by atoms with Crippen molar-refractivity contribution in [2.75, 3.05) is 11.1 Å². The van der Waals surface area contributed by atoms with Crippen molar-refractivity contribution >= 4 is 61.2 Å². The van der Waals surface area contributed by atoms with Gasteiger partial charge in [-0.3, -0.25) is 0 Å². The van der Waals surface area contributed by atoms with Gasteiger partial charge in [0.2, 0.25) is 0 Å². The molecular weight excluding hydrogens is 369 g/mol. The van der Waals surface area contributed by atoms with Crippen LogP contribution in [0.5, 0.6) is 0 Å². The fraction of sp³-hybridized carbons (Fsp3) is 0.0714. The smallest absolute Gasteiger partial charge is 0.0907 e. The van der Waals surface area contributed by atoms with Crippen LogP contribution in [0.4, 0.5) is 17.1 Å². The lowest BCUT2D eigenvalue weighted by atomic mass is 10.2. The van der Waals surface area contributed by atoms with E-state index in [4.69, 9.17) is 5.73 Å². The van der Waals surface area contributed by atoms with Crippen molar-refractivity contribution in [3.05, 3.63) is 45.0 Å². The molecule has 3 N–H and O–H groups in total. The molecule has 0 radical (unpaired) electrons. The standard InChI is InChI=1S/C14H12IN3S/c1-8-17-13-7-12(11(16)6-14(13)19-8)18-10-4-2-9(15)3-5-10/h2-7,18H,16H2,1H3. The molecule has 0 unspecified atom stereocenters. The van der Waals surface area contributed by atoms with Gasteiger partial charge in [0.05, 0.1) is 26.6 Å². The SMILES string of the molecule is Cc1nc2cc(Nc3ccc(I)cc3)c(N)cc2s1. The number of nitrogen functional groups attached to an aromatic ring is 1. The Morgan fingerprint density at radius 3 is 2.68 bits per heavy atom. The highest BCUT2D eigenvalue weighted by Crippen LogP contribution is 2.31. The van der Waals surface area contributed by atoms with Gasteiger partial charge in [-0.15, -0.1) is 11.3 Å². The predicted octanol–water partition coefficient (Wildman–Crippen LogP) is 4.54. The first-order valence-electron chi connectivity index (χ1n) is 5.81. The molecule has 1 heterocycles. The molecule has 0 aliphatic rings. The quantitative estimate of drug-likeness (QED) is 0.506. The van der Waals surface area contributed by atoms with E-state index in [1.165, 1.54) is 3.57 Å². The fourth-order valence-electron chi connectivity index (χ4n) is 1.90. The summed E-state index contributed by atoms with van der Waals surface area (Å²) < 4.78 is 2.34. The van der Waals surface area contributed by atoms with Crippen LogP contribution in [0.15, 0.2) is 36.4 Å². The molecule has 0 aliphatic heterocycles. The van der Waals surface area contributed by atoms with E-state index in [9.17, 15) is 0 Å². The summed E-state index contributed by atoms with van der Waals surface area (Å²) in [7, 11) is 0. The summed E-state index contributed by atoms with van der Waals surface area (Å²) in [6.45, 7) is 2.01. The average molecular weight is 381 g/mol. The highest BCUT2D eigenvalue weighted by atomic mass is 127. The van der Waals surface area contributed by atoms with Crippen LogP contribution >= 0.6 is 33.9 Å². The van der Waals surface area contributed by atoms with E-state index >= 15 is 0 Å². The van der Waals surface area contributed by atoms with E-state index in [2.05, 4.69) is 45.0 Å². The van der Waals surface area contributed by atoms with Crippen molar-refractivity contribution in [1.29, 1.82) is 0 Å². The molecule has 0 amide bonds. The van der Waals surface area contributed by atoms with Gasteiger partial charge in [-0.2, -0.15) is 0 Å². The average Bonchev–Trinajstić information content (AvgIpc) is 2.72. The number of nitrogens with zero attached hydrogens (tertiary/aromatic N) is 1. The molecule has 3 nitrogen and oxygen atoms in total. The number of rotatable bonds is 2. The number of hydrogen-bond acceptors (Lipinski definition) is 4. The van der Waals surface area contributed by atoms with Crippen LogP contribution in [0.1, 0.15) is 5.01 Å². The molecule has 5 heteroatoms. The maximum Gasteiger partial charge on any atom is 0.0907 e. The number of thiazole rings is 1. The minimum Gasteiger partial charge on any atom is -0.397 e. The molecule has 19 heavy (non-hydrogen) atoms. The number of fused-ring (bicyclic) bond motifs is 1. The van der Waals surface area contributed by atoms with Gasteiger partial charge >= 0.3 is 0 Å². The van der Waals surface area contributed by atoms with E-state index in [-0.39, 0.29) is 0 Å². The van der Waals surface area contributed by atoms with Gasteiger partial charge in [0, 0.05) is 9.26 Å². The number of nitrogens with two attached hydrogens (primary N) is 1. The molecule has 0 aliphatic carbocycles. The van der Waals surface area contributed by atoms with Crippen molar-refractivity contribution in [2.24, 2.45) is 0 Å². The normalized spacial score (nSPS) is 10.8. The topological polar surface area (TPSA) is 50.9 Å². The molecule has 96 valence electrons. The van der Waals surface area contributed by atoms with E-state index < -0.39 is 0 Å². The summed E-state index contributed by atoms with van der Waals surface area (Å²) >= 11 is 3.95. The largest absolute Gasteiger partial charge is 0.397 e. The zero-order valence-corrected chi connectivity index (χ0v) is 13.2. The van der Waals surface area contributed by atoms with E-state index in [1.54, 1.807) is 11.3 Å². The van der Waals surface area contributed by atoms with Gasteiger partial charge < -0.3 is 11.1 Å². The summed E-state index contributed by atoms with van der Waals surface area (Å²) in [4.78, 5) is 4.49. The van der Waals surface area contributed by atoms with Crippen molar-refractivity contribution < 1.29 is 0 Å². The number of aromatic nitrogens is 1. The maximum absolute atomic E-state index is 6.09. The summed E-state index contributed by atoms with van der Waals surface area (Å²) in [5.41, 5.74) is 9.75. The highest BCUT2D eigenvalue weighted by Gasteiger charge is 2.06. The summed E-state index contributed by atoms with van der Waals surface area (Å²) in [6, 6.07) is 12.2. The van der Waals surface area contributed by atoms with E-state index in [0.29, 0.717) is 0 Å². The number of nitrogens with one attached hydrogen (secondary N) is 1. The first-order valence-corrected chi connectivity index (χ1v) is 7.70. The first-order chi connectivity index (χ1) is 9.11. The molecule has 0 fully saturated rings. The zero-order chi connectivity index (χ0) is 13.4. The Morgan fingerprint density at radius 2 is 1.95 bits per heavy atom. The minimum absolute atomic E-state index is 0.745. The Kier molecular flexibility index (Phi) is 3.32. The second-order valence-electron chi connectivity index (χ2n) is 4.27. The lowest BCUT2D eigenvalue weighted by Gasteiger charge is -2.09. The third-order valence-electron chi connectivity index (χ3n) is 2.79. The second kappa shape index (κ2) is 4.97. The number of benzene rings is 2. The molecule has 0 atom stereocenters. The molecule has 0 spiro atoms. The number of anilines is 3. The van der Waals surface area contributed by atoms with Gasteiger partial charge in [0.1, 0.15) is 0 Å². The Bertz CT molecular complexity index is 734. The fourth-order valence-corrected chi connectivity index (χ4v) is 3.12. The monoisotopic (exact) mass is 381 g/mol. The maximum atomic E-state index is 6.09. The molecule has 2 aromatic carbocycles. The first kappa shape index (κ1) is 12.7. The third-order valence-corrected chi connectivity index (χ3v) is 4.44. The third kappa shape index (κ3) is 2.66. The van der Waals surface area contributed by atoms with E-state index in [0.717, 1.165) is 32.3 Å². The van der Waals surface area contributed by atoms with Crippen molar-refractivity contribution in [2.45, 2.75) is 6.92 Å². The lowest BCUT2D eigenvalue weighted by Crippen LogP contribution is -1.96. The number of hydrogen-bond donors (Lipinski definition) is 2. The Hall–Kier alpha value is -1.34. The lowest BCUT2D eigenvalue weighted by molar-refractivity contribution is 1.35. The van der Waals surface area contributed by atoms with Crippen LogP contribution in [0.25, 0.3) is 10.2 Å². The van der Waals surface area contributed by atoms with Crippen LogP contribution in [-0.2, 0) is 0 Å². The van der Waals surface area contributed by atoms with Crippen LogP contribution in [0, 0.1) is 10.5 Å². The molecule has 1 aromatic heterocycles. The molecule has 3 rings (SSSR count). The van der Waals surface area contributed by atoms with E-state index in [1.807, 2.05) is 31.2 Å². The van der Waals surface area contributed by atoms with Crippen molar-refractivity contribution in [3.63, 3.8) is 0 Å². The Balaban J connectivity index is 1.99. The van der Waals surface area contributed by atoms with Gasteiger partial charge in [0.25, 0.3) is 0 Å². The predicted molar refractivity (Wildman–Crippen MR) is 91.2 cm³/mol. The van der Waals surface area contributed by atoms with Gasteiger partial charge in [-0.25, -0.2) is 4.98 Å². The number of aryl methyl sites for hydroxylation is 1. The van der Waals surface area contributed by atoms with Gasteiger partial charge in [-0.1, -0.05) is 0 Å². The van der Waals surface area contributed by atoms with Gasteiger partial charge in [0.15, 0.2) is 0 Å². The summed E-state index contributed by atoms with van der Waals surface area (Å²) in [5.74, 6) is 0. The van der Waals surface area contributed by atoms with Crippen molar-refractivity contribution in [1.82, 2.24) is 4.98 Å². The molecule has 0 saturated heterocycles. The van der Waals surface area contributed by atoms with Crippen LogP contribution < -0.4 is 11.1 Å². The summed E-state index contributed by atoms with van der Waals surface area (Å²) in [5, 5.41) is 4.39. The summed E-state index contributed by atoms with van der Waals surface area (Å²) in [6.07, 6.45) is 0. The van der Waals surface area contributed by atoms with Crippen LogP contribution in [0.2, 0.25) is 0 Å². The van der Waals surface area contributed by atoms with Crippen molar-refractivity contribution in [3.8, 4) is 0 Å². The second-order valence-corrected chi connectivity index (χ2v) is 6.75. The van der Waals surface area contributed by atoms with Crippen LogP contribution in [0.3, 0.4) is 0 Å². The molecule has 0 saturated carbocycles. The Labute approximate surface area is 129 Å². The molecule has 0 bridgehead atoms. The molecular formula is C14H12IN3S. The number of halogens is 1. The van der Waals surface area contributed by atoms with Gasteiger partial charge in [-0.05, 0) is 65.9 Å². The zero-order valence-electron chi connectivity index (χ0n) is 10.3.